The Hall–Kier alpha value is -3.22. The summed E-state index contributed by atoms with van der Waals surface area (Å²) in [5.41, 5.74) is 2.17. The van der Waals surface area contributed by atoms with Crippen LogP contribution in [0.5, 0.6) is 11.5 Å². The number of carbonyl (C=O) groups is 2. The third-order valence-electron chi connectivity index (χ3n) is 4.75. The van der Waals surface area contributed by atoms with Gasteiger partial charge in [-0.2, -0.15) is 0 Å². The lowest BCUT2D eigenvalue weighted by atomic mass is 10.2. The van der Waals surface area contributed by atoms with E-state index in [4.69, 9.17) is 9.47 Å². The van der Waals surface area contributed by atoms with Crippen LogP contribution in [0, 0.1) is 0 Å². The summed E-state index contributed by atoms with van der Waals surface area (Å²) in [5.74, 6) is 1.32. The number of benzene rings is 2. The van der Waals surface area contributed by atoms with E-state index in [-0.39, 0.29) is 11.8 Å². The maximum absolute atomic E-state index is 12.5. The standard InChI is InChI=1S/C22H27N3O4/c1-4-29-18-10-7-16(8-11-18)24-22(27)15(2)23-17-9-12-20(28-3)19(14-17)25-13-5-6-21(25)26/h7-12,14-15,23H,4-6,13H2,1-3H3,(H,24,27). The third-order valence-corrected chi connectivity index (χ3v) is 4.75. The van der Waals surface area contributed by atoms with Crippen molar-refractivity contribution in [1.82, 2.24) is 0 Å². The Kier molecular flexibility index (Phi) is 6.59. The number of amides is 2. The molecular weight excluding hydrogens is 370 g/mol. The van der Waals surface area contributed by atoms with Crippen LogP contribution in [-0.4, -0.2) is 38.1 Å². The van der Waals surface area contributed by atoms with Crippen molar-refractivity contribution in [2.24, 2.45) is 0 Å². The zero-order valence-corrected chi connectivity index (χ0v) is 17.0. The molecule has 7 heteroatoms. The van der Waals surface area contributed by atoms with Crippen molar-refractivity contribution in [3.8, 4) is 11.5 Å². The second-order valence-corrected chi connectivity index (χ2v) is 6.85. The zero-order valence-electron chi connectivity index (χ0n) is 17.0. The Balaban J connectivity index is 1.67. The van der Waals surface area contributed by atoms with Gasteiger partial charge in [-0.05, 0) is 62.7 Å². The first-order valence-electron chi connectivity index (χ1n) is 9.80. The van der Waals surface area contributed by atoms with E-state index in [1.54, 1.807) is 37.1 Å². The molecule has 0 spiro atoms. The molecule has 0 radical (unpaired) electrons. The van der Waals surface area contributed by atoms with Crippen molar-refractivity contribution in [2.75, 3.05) is 35.8 Å². The molecule has 29 heavy (non-hydrogen) atoms. The minimum atomic E-state index is -0.475. The fraction of sp³-hybridized carbons (Fsp3) is 0.364. The first-order chi connectivity index (χ1) is 14.0. The smallest absolute Gasteiger partial charge is 0.246 e. The molecule has 2 amide bonds. The molecule has 1 fully saturated rings. The summed E-state index contributed by atoms with van der Waals surface area (Å²) >= 11 is 0. The Bertz CT molecular complexity index is 867. The molecule has 0 aliphatic carbocycles. The van der Waals surface area contributed by atoms with Gasteiger partial charge in [0.1, 0.15) is 17.5 Å². The average molecular weight is 397 g/mol. The van der Waals surface area contributed by atoms with E-state index in [2.05, 4.69) is 10.6 Å². The van der Waals surface area contributed by atoms with Crippen LogP contribution in [0.3, 0.4) is 0 Å². The predicted molar refractivity (Wildman–Crippen MR) is 114 cm³/mol. The summed E-state index contributed by atoms with van der Waals surface area (Å²) in [6, 6.07) is 12.3. The topological polar surface area (TPSA) is 79.9 Å². The molecule has 1 aliphatic rings. The van der Waals surface area contributed by atoms with E-state index in [1.165, 1.54) is 0 Å². The van der Waals surface area contributed by atoms with Gasteiger partial charge in [0.2, 0.25) is 11.8 Å². The predicted octanol–water partition coefficient (Wildman–Crippen LogP) is 3.66. The molecule has 7 nitrogen and oxygen atoms in total. The van der Waals surface area contributed by atoms with Gasteiger partial charge in [0.05, 0.1) is 19.4 Å². The SMILES string of the molecule is CCOc1ccc(NC(=O)C(C)Nc2ccc(OC)c(N3CCCC3=O)c2)cc1. The van der Waals surface area contributed by atoms with Gasteiger partial charge in [-0.3, -0.25) is 9.59 Å². The average Bonchev–Trinajstić information content (AvgIpc) is 3.15. The van der Waals surface area contributed by atoms with E-state index in [0.717, 1.165) is 23.5 Å². The fourth-order valence-electron chi connectivity index (χ4n) is 3.26. The van der Waals surface area contributed by atoms with Crippen molar-refractivity contribution in [1.29, 1.82) is 0 Å². The lowest BCUT2D eigenvalue weighted by Crippen LogP contribution is -2.32. The van der Waals surface area contributed by atoms with E-state index in [1.807, 2.05) is 31.2 Å². The van der Waals surface area contributed by atoms with Crippen LogP contribution >= 0.6 is 0 Å². The highest BCUT2D eigenvalue weighted by molar-refractivity contribution is 5.98. The van der Waals surface area contributed by atoms with Crippen molar-refractivity contribution in [3.05, 3.63) is 42.5 Å². The molecule has 2 aromatic carbocycles. The molecular formula is C22H27N3O4. The van der Waals surface area contributed by atoms with Crippen molar-refractivity contribution in [3.63, 3.8) is 0 Å². The molecule has 0 aromatic heterocycles. The molecule has 2 aromatic rings. The number of rotatable bonds is 8. The van der Waals surface area contributed by atoms with Crippen LogP contribution < -0.4 is 25.0 Å². The number of carbonyl (C=O) groups excluding carboxylic acids is 2. The van der Waals surface area contributed by atoms with Gasteiger partial charge >= 0.3 is 0 Å². The lowest BCUT2D eigenvalue weighted by Gasteiger charge is -2.21. The van der Waals surface area contributed by atoms with E-state index in [9.17, 15) is 9.59 Å². The monoisotopic (exact) mass is 397 g/mol. The molecule has 154 valence electrons. The number of hydrogen-bond acceptors (Lipinski definition) is 5. The molecule has 1 heterocycles. The van der Waals surface area contributed by atoms with Crippen LogP contribution in [0.25, 0.3) is 0 Å². The highest BCUT2D eigenvalue weighted by atomic mass is 16.5. The Labute approximate surface area is 171 Å². The summed E-state index contributed by atoms with van der Waals surface area (Å²) in [4.78, 5) is 26.4. The van der Waals surface area contributed by atoms with Crippen molar-refractivity contribution >= 4 is 28.9 Å². The summed E-state index contributed by atoms with van der Waals surface area (Å²) in [7, 11) is 1.58. The molecule has 1 aliphatic heterocycles. The molecule has 0 saturated carbocycles. The zero-order chi connectivity index (χ0) is 20.8. The van der Waals surface area contributed by atoms with Gasteiger partial charge in [-0.15, -0.1) is 0 Å². The summed E-state index contributed by atoms with van der Waals surface area (Å²) in [5, 5.41) is 6.08. The van der Waals surface area contributed by atoms with Gasteiger partial charge in [0.15, 0.2) is 0 Å². The van der Waals surface area contributed by atoms with Gasteiger partial charge < -0.3 is 25.0 Å². The van der Waals surface area contributed by atoms with Gasteiger partial charge in [0, 0.05) is 24.3 Å². The van der Waals surface area contributed by atoms with Crippen LogP contribution in [0.1, 0.15) is 26.7 Å². The van der Waals surface area contributed by atoms with Crippen LogP contribution in [0.4, 0.5) is 17.1 Å². The van der Waals surface area contributed by atoms with Gasteiger partial charge in [0.25, 0.3) is 0 Å². The minimum absolute atomic E-state index is 0.0849. The number of nitrogens with one attached hydrogen (secondary N) is 2. The van der Waals surface area contributed by atoms with Gasteiger partial charge in [-0.1, -0.05) is 0 Å². The lowest BCUT2D eigenvalue weighted by molar-refractivity contribution is -0.117. The normalized spacial score (nSPS) is 14.4. The van der Waals surface area contributed by atoms with Crippen molar-refractivity contribution in [2.45, 2.75) is 32.7 Å². The Morgan fingerprint density at radius 1 is 1.17 bits per heavy atom. The van der Waals surface area contributed by atoms with Crippen LogP contribution in [0.2, 0.25) is 0 Å². The second kappa shape index (κ2) is 9.32. The van der Waals surface area contributed by atoms with E-state index in [0.29, 0.717) is 31.0 Å². The summed E-state index contributed by atoms with van der Waals surface area (Å²) in [6.07, 6.45) is 1.38. The maximum atomic E-state index is 12.5. The molecule has 3 rings (SSSR count). The minimum Gasteiger partial charge on any atom is -0.495 e. The summed E-state index contributed by atoms with van der Waals surface area (Å²) < 4.78 is 10.8. The highest BCUT2D eigenvalue weighted by Gasteiger charge is 2.25. The molecule has 1 unspecified atom stereocenters. The number of methoxy groups -OCH3 is 1. The number of anilines is 3. The van der Waals surface area contributed by atoms with Crippen LogP contribution in [-0.2, 0) is 9.59 Å². The first kappa shape index (κ1) is 20.5. The fourth-order valence-corrected chi connectivity index (χ4v) is 3.26. The van der Waals surface area contributed by atoms with E-state index < -0.39 is 6.04 Å². The Morgan fingerprint density at radius 3 is 2.52 bits per heavy atom. The summed E-state index contributed by atoms with van der Waals surface area (Å²) in [6.45, 7) is 4.98. The van der Waals surface area contributed by atoms with Gasteiger partial charge in [-0.25, -0.2) is 0 Å². The number of hydrogen-bond donors (Lipinski definition) is 2. The van der Waals surface area contributed by atoms with E-state index >= 15 is 0 Å². The quantitative estimate of drug-likeness (QED) is 0.711. The molecule has 2 N–H and O–H groups in total. The second-order valence-electron chi connectivity index (χ2n) is 6.85. The molecule has 1 atom stereocenters. The largest absolute Gasteiger partial charge is 0.495 e. The number of nitrogens with zero attached hydrogens (tertiary/aromatic N) is 1. The number of ether oxygens (including phenoxy) is 2. The van der Waals surface area contributed by atoms with Crippen LogP contribution in [0.15, 0.2) is 42.5 Å². The third kappa shape index (κ3) is 4.99. The maximum Gasteiger partial charge on any atom is 0.246 e. The molecule has 0 bridgehead atoms. The van der Waals surface area contributed by atoms with Crippen molar-refractivity contribution < 1.29 is 19.1 Å². The molecule has 1 saturated heterocycles. The first-order valence-corrected chi connectivity index (χ1v) is 9.80. The highest BCUT2D eigenvalue weighted by Crippen LogP contribution is 2.34. The Morgan fingerprint density at radius 2 is 1.90 bits per heavy atom.